The summed E-state index contributed by atoms with van der Waals surface area (Å²) < 4.78 is 5.16. The molecule has 0 unspecified atom stereocenters. The zero-order valence-electron chi connectivity index (χ0n) is 11.4. The van der Waals surface area contributed by atoms with E-state index in [0.29, 0.717) is 12.2 Å². The summed E-state index contributed by atoms with van der Waals surface area (Å²) in [4.78, 5) is 23.0. The summed E-state index contributed by atoms with van der Waals surface area (Å²) in [6.45, 7) is 7.36. The van der Waals surface area contributed by atoms with E-state index in [2.05, 4.69) is 0 Å². The second-order valence-corrected chi connectivity index (χ2v) is 5.02. The predicted octanol–water partition coefficient (Wildman–Crippen LogP) is 3.02. The van der Waals surface area contributed by atoms with Crippen LogP contribution in [-0.2, 0) is 16.0 Å². The minimum absolute atomic E-state index is 0.0449. The van der Waals surface area contributed by atoms with Crippen molar-refractivity contribution in [3.8, 4) is 5.75 Å². The van der Waals surface area contributed by atoms with Gasteiger partial charge in [-0.1, -0.05) is 39.8 Å². The molecule has 0 radical (unpaired) electrons. The Morgan fingerprint density at radius 1 is 1.00 bits per heavy atom. The summed E-state index contributed by atoms with van der Waals surface area (Å²) in [5.41, 5.74) is 0.943. The van der Waals surface area contributed by atoms with Crippen molar-refractivity contribution in [2.45, 2.75) is 34.1 Å². The number of esters is 1. The first-order valence-corrected chi connectivity index (χ1v) is 6.23. The summed E-state index contributed by atoms with van der Waals surface area (Å²) >= 11 is 0. The number of hydrogen-bond acceptors (Lipinski definition) is 3. The highest BCUT2D eigenvalue weighted by Gasteiger charge is 2.11. The summed E-state index contributed by atoms with van der Waals surface area (Å²) in [7, 11) is 0. The zero-order chi connectivity index (χ0) is 13.7. The third kappa shape index (κ3) is 4.32. The van der Waals surface area contributed by atoms with Gasteiger partial charge in [-0.25, -0.2) is 0 Å². The molecule has 3 heteroatoms. The fourth-order valence-electron chi connectivity index (χ4n) is 1.31. The van der Waals surface area contributed by atoms with Gasteiger partial charge >= 0.3 is 5.97 Å². The number of carbonyl (C=O) groups is 2. The molecule has 0 aliphatic carbocycles. The maximum absolute atomic E-state index is 11.6. The van der Waals surface area contributed by atoms with E-state index in [1.165, 1.54) is 0 Å². The van der Waals surface area contributed by atoms with Crippen LogP contribution in [0.25, 0.3) is 0 Å². The number of hydrogen-bond donors (Lipinski definition) is 0. The Morgan fingerprint density at radius 3 is 2.00 bits per heavy atom. The van der Waals surface area contributed by atoms with Gasteiger partial charge in [0.1, 0.15) is 11.5 Å². The maximum atomic E-state index is 11.6. The molecule has 98 valence electrons. The highest BCUT2D eigenvalue weighted by atomic mass is 16.5. The zero-order valence-corrected chi connectivity index (χ0v) is 11.4. The molecular formula is C15H20O3. The van der Waals surface area contributed by atoms with Crippen LogP contribution < -0.4 is 4.74 Å². The van der Waals surface area contributed by atoms with Gasteiger partial charge in [-0.15, -0.1) is 0 Å². The predicted molar refractivity (Wildman–Crippen MR) is 70.5 cm³/mol. The van der Waals surface area contributed by atoms with Crippen LogP contribution in [-0.4, -0.2) is 11.8 Å². The average molecular weight is 248 g/mol. The molecule has 18 heavy (non-hydrogen) atoms. The van der Waals surface area contributed by atoms with Gasteiger partial charge < -0.3 is 4.74 Å². The van der Waals surface area contributed by atoms with E-state index in [-0.39, 0.29) is 23.6 Å². The number of ketones is 1. The van der Waals surface area contributed by atoms with Gasteiger partial charge in [0.05, 0.1) is 5.92 Å². The first kappa shape index (κ1) is 14.4. The second-order valence-electron chi connectivity index (χ2n) is 5.02. The van der Waals surface area contributed by atoms with Crippen LogP contribution in [0.2, 0.25) is 0 Å². The van der Waals surface area contributed by atoms with Gasteiger partial charge in [-0.05, 0) is 17.7 Å². The van der Waals surface area contributed by atoms with Crippen molar-refractivity contribution in [2.75, 3.05) is 0 Å². The minimum Gasteiger partial charge on any atom is -0.426 e. The molecule has 1 aromatic rings. The van der Waals surface area contributed by atoms with Crippen molar-refractivity contribution in [3.05, 3.63) is 29.8 Å². The third-order valence-corrected chi connectivity index (χ3v) is 2.64. The van der Waals surface area contributed by atoms with Gasteiger partial charge in [-0.3, -0.25) is 9.59 Å². The lowest BCUT2D eigenvalue weighted by atomic mass is 10.0. The topological polar surface area (TPSA) is 43.4 Å². The van der Waals surface area contributed by atoms with E-state index < -0.39 is 0 Å². The monoisotopic (exact) mass is 248 g/mol. The molecule has 0 bridgehead atoms. The van der Waals surface area contributed by atoms with Gasteiger partial charge in [0.2, 0.25) is 0 Å². The lowest BCUT2D eigenvalue weighted by molar-refractivity contribution is -0.137. The Kier molecular flexibility index (Phi) is 5.08. The number of rotatable bonds is 5. The maximum Gasteiger partial charge on any atom is 0.313 e. The highest BCUT2D eigenvalue weighted by Crippen LogP contribution is 2.15. The van der Waals surface area contributed by atoms with Crippen molar-refractivity contribution in [2.24, 2.45) is 11.8 Å². The van der Waals surface area contributed by atoms with Crippen molar-refractivity contribution < 1.29 is 14.3 Å². The summed E-state index contributed by atoms with van der Waals surface area (Å²) in [6.07, 6.45) is 0.427. The van der Waals surface area contributed by atoms with Crippen LogP contribution in [0.1, 0.15) is 33.3 Å². The van der Waals surface area contributed by atoms with Crippen molar-refractivity contribution in [3.63, 3.8) is 0 Å². The van der Waals surface area contributed by atoms with Crippen molar-refractivity contribution in [1.82, 2.24) is 0 Å². The molecule has 0 amide bonds. The first-order chi connectivity index (χ1) is 8.40. The molecule has 0 saturated heterocycles. The lowest BCUT2D eigenvalue weighted by Crippen LogP contribution is -2.14. The quantitative estimate of drug-likeness (QED) is 0.594. The van der Waals surface area contributed by atoms with E-state index >= 15 is 0 Å². The van der Waals surface area contributed by atoms with Gasteiger partial charge in [0, 0.05) is 12.3 Å². The van der Waals surface area contributed by atoms with Gasteiger partial charge in [0.25, 0.3) is 0 Å². The molecule has 0 saturated carbocycles. The molecule has 0 fully saturated rings. The van der Waals surface area contributed by atoms with Crippen LogP contribution in [0.5, 0.6) is 5.75 Å². The fourth-order valence-corrected chi connectivity index (χ4v) is 1.31. The van der Waals surface area contributed by atoms with Crippen molar-refractivity contribution >= 4 is 11.8 Å². The summed E-state index contributed by atoms with van der Waals surface area (Å²) in [5.74, 6) is 0.382. The van der Waals surface area contributed by atoms with Crippen molar-refractivity contribution in [1.29, 1.82) is 0 Å². The summed E-state index contributed by atoms with van der Waals surface area (Å²) in [6, 6.07) is 7.10. The van der Waals surface area contributed by atoms with E-state index in [9.17, 15) is 9.59 Å². The third-order valence-electron chi connectivity index (χ3n) is 2.64. The molecule has 0 aromatic heterocycles. The Morgan fingerprint density at radius 2 is 1.56 bits per heavy atom. The number of benzene rings is 1. The Balaban J connectivity index is 2.63. The minimum atomic E-state index is -0.249. The largest absolute Gasteiger partial charge is 0.426 e. The fraction of sp³-hybridized carbons (Fsp3) is 0.467. The average Bonchev–Trinajstić information content (AvgIpc) is 2.31. The van der Waals surface area contributed by atoms with Crippen LogP contribution in [0.4, 0.5) is 0 Å². The van der Waals surface area contributed by atoms with Crippen LogP contribution in [0.3, 0.4) is 0 Å². The smallest absolute Gasteiger partial charge is 0.313 e. The number of carbonyl (C=O) groups excluding carboxylic acids is 2. The van der Waals surface area contributed by atoms with E-state index in [4.69, 9.17) is 4.74 Å². The molecular weight excluding hydrogens is 228 g/mol. The molecule has 0 N–H and O–H groups in total. The van der Waals surface area contributed by atoms with Crippen LogP contribution in [0.15, 0.2) is 24.3 Å². The second kappa shape index (κ2) is 6.34. The number of ether oxygens (including phenoxy) is 1. The van der Waals surface area contributed by atoms with Crippen LogP contribution in [0, 0.1) is 11.8 Å². The molecule has 3 nitrogen and oxygen atoms in total. The molecule has 0 aliphatic rings. The first-order valence-electron chi connectivity index (χ1n) is 6.23. The molecule has 0 spiro atoms. The molecule has 0 atom stereocenters. The molecule has 0 heterocycles. The molecule has 1 rings (SSSR count). The lowest BCUT2D eigenvalue weighted by Gasteiger charge is -2.08. The van der Waals surface area contributed by atoms with E-state index in [0.717, 1.165) is 5.56 Å². The molecule has 1 aromatic carbocycles. The van der Waals surface area contributed by atoms with Gasteiger partial charge in [-0.2, -0.15) is 0 Å². The Labute approximate surface area is 108 Å². The highest BCUT2D eigenvalue weighted by molar-refractivity contribution is 5.82. The summed E-state index contributed by atoms with van der Waals surface area (Å²) in [5, 5.41) is 0. The van der Waals surface area contributed by atoms with Gasteiger partial charge in [0.15, 0.2) is 0 Å². The SMILES string of the molecule is CC(C)C(=O)Cc1ccc(OC(=O)C(C)C)cc1. The Hall–Kier alpha value is -1.64. The molecule has 0 aliphatic heterocycles. The van der Waals surface area contributed by atoms with E-state index in [1.807, 2.05) is 26.0 Å². The normalized spacial score (nSPS) is 10.8. The Bertz CT molecular complexity index is 375. The standard InChI is InChI=1S/C15H20O3/c1-10(2)14(16)9-12-5-7-13(8-6-12)18-15(17)11(3)4/h5-8,10-11H,9H2,1-4H3. The van der Waals surface area contributed by atoms with Crippen LogP contribution >= 0.6 is 0 Å². The number of Topliss-reactive ketones (excluding diaryl/α,β-unsaturated/α-hetero) is 1. The van der Waals surface area contributed by atoms with E-state index in [1.54, 1.807) is 26.0 Å².